The van der Waals surface area contributed by atoms with Gasteiger partial charge >= 0.3 is 0 Å². The highest BCUT2D eigenvalue weighted by Gasteiger charge is 2.37. The van der Waals surface area contributed by atoms with Crippen molar-refractivity contribution in [1.82, 2.24) is 57.7 Å². The van der Waals surface area contributed by atoms with E-state index in [1.165, 1.54) is 55.6 Å². The first-order valence-corrected chi connectivity index (χ1v) is 31.8. The zero-order valence-electron chi connectivity index (χ0n) is 52.6. The molecule has 2 heterocycles. The standard InChI is InChI=1S/C67H79N13O14S/c1-38(2)26-48-62(89)76-51(29-42-20-24-45(82)25-21-42)64(91)77-52(31-43-33-70-47-17-11-10-16-46(43)47)65(92)79-54(61(88)71-34-57(69)84)36-95-37-58(85)73-50(27-39-12-6-4-7-13-39)63(90)75-49(28-41-18-22-44(81)23-19-41)60(87)72-35-59(86)80(3)55(30-40-14-8-5-9-15-40)67(94)78-53(32-56(68)83)66(93)74-48/h4-25,33,38,48-55,70,81-82H,26-32,34-37H2,1-3H3,(H2,68,83)(H2,69,84)(H,71,88)(H,72,87)(H,73,85)(H,74,93)(H,75,90)(H,76,89)(H,77,91)(H,78,94)(H,79,92)/t48-,49-,50-,51-,52-,53-,54-,55-/m0/s1. The lowest BCUT2D eigenvalue weighted by Crippen LogP contribution is -2.61. The Kier molecular flexibility index (Phi) is 26.2. The molecule has 0 saturated carbocycles. The van der Waals surface area contributed by atoms with Gasteiger partial charge in [-0.05, 0) is 70.5 Å². The van der Waals surface area contributed by atoms with Gasteiger partial charge in [-0.1, -0.05) is 117 Å². The number of nitrogens with zero attached hydrogens (tertiary/aromatic N) is 1. The Hall–Kier alpha value is -10.8. The number of likely N-dealkylation sites (N-methyl/N-ethyl adjacent to an activating group) is 1. The molecule has 7 rings (SSSR count). The summed E-state index contributed by atoms with van der Waals surface area (Å²) in [5, 5.41) is 44.6. The molecule has 1 aromatic heterocycles. The maximum Gasteiger partial charge on any atom is 0.243 e. The van der Waals surface area contributed by atoms with Crippen LogP contribution in [0.25, 0.3) is 10.9 Å². The van der Waals surface area contributed by atoms with Crippen LogP contribution in [0.1, 0.15) is 54.5 Å². The fourth-order valence-electron chi connectivity index (χ4n) is 10.5. The number of aromatic amines is 1. The zero-order valence-corrected chi connectivity index (χ0v) is 53.4. The number of nitrogens with one attached hydrogen (secondary N) is 10. The average Bonchev–Trinajstić information content (AvgIpc) is 1.71. The van der Waals surface area contributed by atoms with Gasteiger partial charge in [0.05, 0.1) is 25.3 Å². The van der Waals surface area contributed by atoms with E-state index in [4.69, 9.17) is 11.5 Å². The fourth-order valence-corrected chi connectivity index (χ4v) is 11.4. The van der Waals surface area contributed by atoms with E-state index in [-0.39, 0.29) is 61.7 Å². The van der Waals surface area contributed by atoms with Crippen LogP contribution in [0, 0.1) is 5.92 Å². The topological polar surface area (TPSA) is 425 Å². The summed E-state index contributed by atoms with van der Waals surface area (Å²) in [4.78, 5) is 174. The Morgan fingerprint density at radius 1 is 0.537 bits per heavy atom. The summed E-state index contributed by atoms with van der Waals surface area (Å²) < 4.78 is 0. The van der Waals surface area contributed by atoms with Crippen molar-refractivity contribution in [2.45, 2.75) is 107 Å². The number of benzene rings is 5. The van der Waals surface area contributed by atoms with Gasteiger partial charge in [0, 0.05) is 62.0 Å². The number of para-hydroxylation sites is 1. The Morgan fingerprint density at radius 3 is 1.56 bits per heavy atom. The van der Waals surface area contributed by atoms with Crippen molar-refractivity contribution >= 4 is 93.6 Å². The third-order valence-electron chi connectivity index (χ3n) is 15.5. The molecule has 16 N–H and O–H groups in total. The molecule has 1 saturated heterocycles. The molecule has 95 heavy (non-hydrogen) atoms. The second-order valence-electron chi connectivity index (χ2n) is 23.4. The van der Waals surface area contributed by atoms with Crippen molar-refractivity contribution in [3.63, 3.8) is 0 Å². The van der Waals surface area contributed by atoms with E-state index in [0.717, 1.165) is 16.7 Å². The number of H-pyrrole nitrogens is 1. The maximum absolute atomic E-state index is 15.0. The molecular weight excluding hydrogens is 1240 g/mol. The number of primary amides is 2. The van der Waals surface area contributed by atoms with Gasteiger partial charge in [-0.15, -0.1) is 11.8 Å². The van der Waals surface area contributed by atoms with Crippen molar-refractivity contribution < 1.29 is 67.7 Å². The first-order chi connectivity index (χ1) is 45.4. The second-order valence-corrected chi connectivity index (χ2v) is 24.4. The van der Waals surface area contributed by atoms with Crippen LogP contribution in [-0.4, -0.2) is 171 Å². The van der Waals surface area contributed by atoms with E-state index in [1.54, 1.807) is 105 Å². The summed E-state index contributed by atoms with van der Waals surface area (Å²) in [6.07, 6.45) is -0.249. The number of phenols is 2. The number of fused-ring (bicyclic) bond motifs is 1. The third-order valence-corrected chi connectivity index (χ3v) is 16.5. The molecule has 0 bridgehead atoms. The smallest absolute Gasteiger partial charge is 0.243 e. The van der Waals surface area contributed by atoms with Crippen molar-refractivity contribution in [3.05, 3.63) is 167 Å². The summed E-state index contributed by atoms with van der Waals surface area (Å²) in [5.41, 5.74) is 14.3. The Bertz CT molecular complexity index is 3710. The molecule has 6 aromatic rings. The second kappa shape index (κ2) is 34.8. The summed E-state index contributed by atoms with van der Waals surface area (Å²) in [6.45, 7) is 2.07. The lowest BCUT2D eigenvalue weighted by Gasteiger charge is -2.30. The number of hydrogen-bond acceptors (Lipinski definition) is 15. The lowest BCUT2D eigenvalue weighted by atomic mass is 9.99. The number of carbonyl (C=O) groups is 12. The number of nitrogens with two attached hydrogens (primary N) is 2. The molecule has 502 valence electrons. The number of phenolic OH excluding ortho intramolecular Hbond substituents is 2. The molecule has 5 aromatic carbocycles. The number of carbonyl (C=O) groups excluding carboxylic acids is 12. The quantitative estimate of drug-likeness (QED) is 0.0558. The molecule has 1 aliphatic rings. The molecule has 27 nitrogen and oxygen atoms in total. The van der Waals surface area contributed by atoms with E-state index >= 15 is 4.79 Å². The highest BCUT2D eigenvalue weighted by atomic mass is 32.2. The molecule has 1 aliphatic heterocycles. The SMILES string of the molecule is CC(C)C[C@@H]1NC(=O)[C@H](CC(N)=O)NC(=O)[C@H](Cc2ccccc2)N(C)C(=O)CNC(=O)[C@H](Cc2ccc(O)cc2)NC(=O)[C@H](Cc2ccccc2)NC(=O)CSC[C@@H](C(=O)NCC(N)=O)NC(=O)[C@H](Cc2c[nH]c3ccccc23)NC(=O)[C@H](Cc2ccc(O)cc2)NC1=O. The van der Waals surface area contributed by atoms with Crippen LogP contribution >= 0.6 is 11.8 Å². The zero-order chi connectivity index (χ0) is 68.7. The highest BCUT2D eigenvalue weighted by Crippen LogP contribution is 2.21. The summed E-state index contributed by atoms with van der Waals surface area (Å²) >= 11 is 0.844. The molecule has 8 atom stereocenters. The van der Waals surface area contributed by atoms with Gasteiger partial charge in [-0.3, -0.25) is 57.5 Å². The van der Waals surface area contributed by atoms with Gasteiger partial charge in [-0.25, -0.2) is 0 Å². The first kappa shape index (κ1) is 71.7. The normalized spacial score (nSPS) is 21.3. The highest BCUT2D eigenvalue weighted by molar-refractivity contribution is 8.00. The fraction of sp³-hybridized carbons (Fsp3) is 0.343. The molecule has 0 aliphatic carbocycles. The van der Waals surface area contributed by atoms with Crippen LogP contribution in [0.2, 0.25) is 0 Å². The number of amides is 12. The molecule has 28 heteroatoms. The number of aromatic nitrogens is 1. The molecule has 0 unspecified atom stereocenters. The van der Waals surface area contributed by atoms with Crippen LogP contribution in [0.4, 0.5) is 0 Å². The van der Waals surface area contributed by atoms with Gasteiger partial charge < -0.3 is 79.4 Å². The van der Waals surface area contributed by atoms with E-state index in [9.17, 15) is 63.0 Å². The molecular formula is C67H79N13O14S. The van der Waals surface area contributed by atoms with E-state index in [1.807, 2.05) is 0 Å². The Labute approximate surface area is 551 Å². The number of aromatic hydroxyl groups is 2. The Balaban J connectivity index is 1.30. The minimum atomic E-state index is -1.77. The number of thioether (sulfide) groups is 1. The monoisotopic (exact) mass is 1320 g/mol. The average molecular weight is 1320 g/mol. The lowest BCUT2D eigenvalue weighted by molar-refractivity contribution is -0.141. The molecule has 12 amide bonds. The van der Waals surface area contributed by atoms with Crippen LogP contribution in [-0.2, 0) is 89.6 Å². The van der Waals surface area contributed by atoms with Gasteiger partial charge in [0.15, 0.2) is 0 Å². The van der Waals surface area contributed by atoms with Crippen LogP contribution in [0.15, 0.2) is 140 Å². The minimum absolute atomic E-state index is 0.0832. The van der Waals surface area contributed by atoms with Crippen molar-refractivity contribution in [2.24, 2.45) is 17.4 Å². The predicted molar refractivity (Wildman–Crippen MR) is 352 cm³/mol. The van der Waals surface area contributed by atoms with Crippen molar-refractivity contribution in [1.29, 1.82) is 0 Å². The van der Waals surface area contributed by atoms with Crippen LogP contribution in [0.5, 0.6) is 11.5 Å². The molecule has 0 radical (unpaired) electrons. The molecule has 1 fully saturated rings. The number of hydrogen-bond donors (Lipinski definition) is 14. The van der Waals surface area contributed by atoms with E-state index in [2.05, 4.69) is 52.8 Å². The van der Waals surface area contributed by atoms with Crippen molar-refractivity contribution in [3.8, 4) is 11.5 Å². The van der Waals surface area contributed by atoms with Gasteiger partial charge in [0.1, 0.15) is 59.8 Å². The first-order valence-electron chi connectivity index (χ1n) is 30.6. The minimum Gasteiger partial charge on any atom is -0.508 e. The largest absolute Gasteiger partial charge is 0.508 e. The summed E-state index contributed by atoms with van der Waals surface area (Å²) in [5.74, 6) is -12.4. The third kappa shape index (κ3) is 22.2. The van der Waals surface area contributed by atoms with E-state index in [0.29, 0.717) is 38.7 Å². The predicted octanol–water partition coefficient (Wildman–Crippen LogP) is -0.301. The van der Waals surface area contributed by atoms with Crippen LogP contribution < -0.4 is 59.3 Å². The Morgan fingerprint density at radius 2 is 1.00 bits per heavy atom. The van der Waals surface area contributed by atoms with Crippen molar-refractivity contribution in [2.75, 3.05) is 31.6 Å². The maximum atomic E-state index is 15.0. The van der Waals surface area contributed by atoms with Gasteiger partial charge in [-0.2, -0.15) is 0 Å². The summed E-state index contributed by atoms with van der Waals surface area (Å²) in [6, 6.07) is 23.4. The van der Waals surface area contributed by atoms with E-state index < -0.39 is 144 Å². The van der Waals surface area contributed by atoms with Gasteiger partial charge in [0.25, 0.3) is 0 Å². The van der Waals surface area contributed by atoms with Gasteiger partial charge in [0.2, 0.25) is 70.9 Å². The van der Waals surface area contributed by atoms with Crippen LogP contribution in [0.3, 0.4) is 0 Å². The number of rotatable bonds is 17. The summed E-state index contributed by atoms with van der Waals surface area (Å²) in [7, 11) is 1.28. The molecule has 0 spiro atoms.